The molecule has 0 spiro atoms. The minimum Gasteiger partial charge on any atom is -0.326 e. The van der Waals surface area contributed by atoms with E-state index in [9.17, 15) is 4.79 Å². The van der Waals surface area contributed by atoms with Crippen molar-refractivity contribution >= 4 is 40.9 Å². The van der Waals surface area contributed by atoms with Crippen molar-refractivity contribution in [1.29, 1.82) is 0 Å². The average molecular weight is 346 g/mol. The number of amides is 1. The number of benzene rings is 1. The molecule has 1 atom stereocenters. The highest BCUT2D eigenvalue weighted by Crippen LogP contribution is 2.43. The van der Waals surface area contributed by atoms with Gasteiger partial charge in [0.2, 0.25) is 5.91 Å². The van der Waals surface area contributed by atoms with Gasteiger partial charge in [0.05, 0.1) is 10.0 Å². The summed E-state index contributed by atoms with van der Waals surface area (Å²) in [5, 5.41) is 1.13. The molecule has 0 N–H and O–H groups in total. The molecule has 0 aromatic heterocycles. The SMILES string of the molecule is CCCCCCC(=O)N1CCS[C@H]1c1cccc(Cl)c1Cl. The van der Waals surface area contributed by atoms with Crippen LogP contribution in [0.4, 0.5) is 0 Å². The van der Waals surface area contributed by atoms with Crippen LogP contribution in [0.1, 0.15) is 50.0 Å². The number of carbonyl (C=O) groups excluding carboxylic acids is 1. The Morgan fingerprint density at radius 3 is 2.90 bits per heavy atom. The van der Waals surface area contributed by atoms with Crippen LogP contribution in [0.5, 0.6) is 0 Å². The minimum absolute atomic E-state index is 0.00914. The van der Waals surface area contributed by atoms with Crippen molar-refractivity contribution < 1.29 is 4.79 Å². The third kappa shape index (κ3) is 4.30. The van der Waals surface area contributed by atoms with E-state index in [1.165, 1.54) is 12.8 Å². The first-order valence-corrected chi connectivity index (χ1v) is 9.30. The molecule has 0 radical (unpaired) electrons. The van der Waals surface area contributed by atoms with Gasteiger partial charge in [0.25, 0.3) is 0 Å². The van der Waals surface area contributed by atoms with E-state index < -0.39 is 0 Å². The summed E-state index contributed by atoms with van der Waals surface area (Å²) in [7, 11) is 0. The molecule has 0 aliphatic carbocycles. The molecule has 1 aromatic carbocycles. The van der Waals surface area contributed by atoms with Crippen molar-refractivity contribution in [2.45, 2.75) is 44.4 Å². The van der Waals surface area contributed by atoms with E-state index in [4.69, 9.17) is 23.2 Å². The van der Waals surface area contributed by atoms with Gasteiger partial charge < -0.3 is 4.90 Å². The molecular weight excluding hydrogens is 325 g/mol. The van der Waals surface area contributed by atoms with Crippen LogP contribution in [0.3, 0.4) is 0 Å². The molecule has 1 heterocycles. The van der Waals surface area contributed by atoms with Crippen LogP contribution < -0.4 is 0 Å². The number of thioether (sulfide) groups is 1. The summed E-state index contributed by atoms with van der Waals surface area (Å²) in [6.45, 7) is 2.97. The molecule has 0 bridgehead atoms. The van der Waals surface area contributed by atoms with Crippen molar-refractivity contribution in [3.63, 3.8) is 0 Å². The highest BCUT2D eigenvalue weighted by molar-refractivity contribution is 7.99. The third-order valence-corrected chi connectivity index (χ3v) is 5.78. The number of hydrogen-bond acceptors (Lipinski definition) is 2. The van der Waals surface area contributed by atoms with Gasteiger partial charge in [-0.2, -0.15) is 0 Å². The Morgan fingerprint density at radius 1 is 1.33 bits per heavy atom. The van der Waals surface area contributed by atoms with E-state index in [0.717, 1.165) is 30.7 Å². The number of unbranched alkanes of at least 4 members (excludes halogenated alkanes) is 3. The quantitative estimate of drug-likeness (QED) is 0.631. The number of rotatable bonds is 6. The molecule has 0 saturated carbocycles. The summed E-state index contributed by atoms with van der Waals surface area (Å²) < 4.78 is 0. The van der Waals surface area contributed by atoms with E-state index in [2.05, 4.69) is 6.92 Å². The van der Waals surface area contributed by atoms with Gasteiger partial charge in [-0.3, -0.25) is 4.79 Å². The zero-order valence-corrected chi connectivity index (χ0v) is 14.6. The Hall–Kier alpha value is -0.380. The molecule has 1 saturated heterocycles. The van der Waals surface area contributed by atoms with Crippen LogP contribution >= 0.6 is 35.0 Å². The summed E-state index contributed by atoms with van der Waals surface area (Å²) in [6, 6.07) is 5.64. The molecule has 116 valence electrons. The van der Waals surface area contributed by atoms with Gasteiger partial charge in [0.15, 0.2) is 0 Å². The lowest BCUT2D eigenvalue weighted by Crippen LogP contribution is -2.30. The second-order valence-electron chi connectivity index (χ2n) is 5.26. The van der Waals surface area contributed by atoms with Crippen LogP contribution in [0.15, 0.2) is 18.2 Å². The molecular formula is C16H21Cl2NOS. The standard InChI is InChI=1S/C16H21Cl2NOS/c1-2-3-4-5-9-14(20)19-10-11-21-16(19)12-7-6-8-13(17)15(12)18/h6-8,16H,2-5,9-11H2,1H3/t16-/m0/s1. The molecule has 1 aliphatic heterocycles. The zero-order chi connectivity index (χ0) is 15.2. The molecule has 1 aromatic rings. The topological polar surface area (TPSA) is 20.3 Å². The number of hydrogen-bond donors (Lipinski definition) is 0. The van der Waals surface area contributed by atoms with Gasteiger partial charge >= 0.3 is 0 Å². The fourth-order valence-corrected chi connectivity index (χ4v) is 4.32. The smallest absolute Gasteiger partial charge is 0.223 e. The zero-order valence-electron chi connectivity index (χ0n) is 12.3. The predicted molar refractivity (Wildman–Crippen MR) is 92.1 cm³/mol. The molecule has 2 rings (SSSR count). The fourth-order valence-electron chi connectivity index (χ4n) is 2.54. The maximum Gasteiger partial charge on any atom is 0.223 e. The molecule has 21 heavy (non-hydrogen) atoms. The first kappa shape index (κ1) is 17.0. The monoisotopic (exact) mass is 345 g/mol. The summed E-state index contributed by atoms with van der Waals surface area (Å²) >= 11 is 14.2. The minimum atomic E-state index is 0.00914. The molecule has 1 aliphatic rings. The van der Waals surface area contributed by atoms with Gasteiger partial charge in [0, 0.05) is 24.3 Å². The molecule has 0 unspecified atom stereocenters. The number of nitrogens with zero attached hydrogens (tertiary/aromatic N) is 1. The average Bonchev–Trinajstić information content (AvgIpc) is 2.95. The maximum absolute atomic E-state index is 12.4. The Morgan fingerprint density at radius 2 is 2.14 bits per heavy atom. The molecule has 1 amide bonds. The maximum atomic E-state index is 12.4. The van der Waals surface area contributed by atoms with E-state index in [0.29, 0.717) is 16.5 Å². The lowest BCUT2D eigenvalue weighted by atomic mass is 10.1. The summed E-state index contributed by atoms with van der Waals surface area (Å²) in [4.78, 5) is 14.4. The molecule has 5 heteroatoms. The second-order valence-corrected chi connectivity index (χ2v) is 7.24. The van der Waals surface area contributed by atoms with E-state index in [1.807, 2.05) is 17.0 Å². The largest absolute Gasteiger partial charge is 0.326 e. The van der Waals surface area contributed by atoms with E-state index in [1.54, 1.807) is 17.8 Å². The van der Waals surface area contributed by atoms with Gasteiger partial charge in [-0.25, -0.2) is 0 Å². The van der Waals surface area contributed by atoms with Gasteiger partial charge in [-0.05, 0) is 12.5 Å². The third-order valence-electron chi connectivity index (χ3n) is 3.70. The first-order valence-electron chi connectivity index (χ1n) is 7.50. The predicted octanol–water partition coefficient (Wildman–Crippen LogP) is 5.54. The van der Waals surface area contributed by atoms with Crippen molar-refractivity contribution in [2.24, 2.45) is 0 Å². The highest BCUT2D eigenvalue weighted by Gasteiger charge is 2.31. The number of carbonyl (C=O) groups is 1. The van der Waals surface area contributed by atoms with Gasteiger partial charge in [0.1, 0.15) is 5.37 Å². The molecule has 1 fully saturated rings. The summed E-state index contributed by atoms with van der Waals surface area (Å²) in [5.74, 6) is 1.19. The fraction of sp³-hybridized carbons (Fsp3) is 0.562. The van der Waals surface area contributed by atoms with E-state index >= 15 is 0 Å². The Labute approximate surface area is 141 Å². The lowest BCUT2D eigenvalue weighted by Gasteiger charge is -2.25. The summed E-state index contributed by atoms with van der Waals surface area (Å²) in [6.07, 6.45) is 5.13. The molecule has 2 nitrogen and oxygen atoms in total. The van der Waals surface area contributed by atoms with Crippen LogP contribution in [-0.4, -0.2) is 23.1 Å². The highest BCUT2D eigenvalue weighted by atomic mass is 35.5. The first-order chi connectivity index (χ1) is 10.1. The Bertz CT molecular complexity index is 495. The second kappa shape index (κ2) is 8.30. The van der Waals surface area contributed by atoms with Gasteiger partial charge in [-0.15, -0.1) is 11.8 Å². The van der Waals surface area contributed by atoms with Crippen molar-refractivity contribution in [3.8, 4) is 0 Å². The van der Waals surface area contributed by atoms with Crippen LogP contribution in [0, 0.1) is 0 Å². The van der Waals surface area contributed by atoms with Crippen LogP contribution in [0.2, 0.25) is 10.0 Å². The van der Waals surface area contributed by atoms with Crippen molar-refractivity contribution in [3.05, 3.63) is 33.8 Å². The lowest BCUT2D eigenvalue weighted by molar-refractivity contribution is -0.131. The van der Waals surface area contributed by atoms with Crippen molar-refractivity contribution in [1.82, 2.24) is 4.90 Å². The Kier molecular flexibility index (Phi) is 6.72. The number of halogens is 2. The van der Waals surface area contributed by atoms with Crippen LogP contribution in [-0.2, 0) is 4.79 Å². The van der Waals surface area contributed by atoms with Crippen molar-refractivity contribution in [2.75, 3.05) is 12.3 Å². The van der Waals surface area contributed by atoms with Gasteiger partial charge in [-0.1, -0.05) is 61.5 Å². The van der Waals surface area contributed by atoms with E-state index in [-0.39, 0.29) is 11.3 Å². The Balaban J connectivity index is 2.03. The summed E-state index contributed by atoms with van der Waals surface area (Å²) in [5.41, 5.74) is 0.952. The van der Waals surface area contributed by atoms with Crippen LogP contribution in [0.25, 0.3) is 0 Å². The normalized spacial score (nSPS) is 18.2.